The van der Waals surface area contributed by atoms with E-state index in [0.29, 0.717) is 6.04 Å². The summed E-state index contributed by atoms with van der Waals surface area (Å²) in [6, 6.07) is 6.81. The third-order valence-corrected chi connectivity index (χ3v) is 4.85. The van der Waals surface area contributed by atoms with Gasteiger partial charge in [-0.2, -0.15) is 0 Å². The van der Waals surface area contributed by atoms with Crippen molar-refractivity contribution in [3.05, 3.63) is 28.2 Å². The molecule has 1 saturated carbocycles. The van der Waals surface area contributed by atoms with Crippen LogP contribution < -0.4 is 10.1 Å². The summed E-state index contributed by atoms with van der Waals surface area (Å²) in [7, 11) is 3.83. The van der Waals surface area contributed by atoms with Crippen molar-refractivity contribution in [1.82, 2.24) is 5.32 Å². The minimum absolute atomic E-state index is 0.549. The van der Waals surface area contributed by atoms with E-state index in [-0.39, 0.29) is 0 Å². The van der Waals surface area contributed by atoms with Crippen LogP contribution in [0.15, 0.2) is 22.7 Å². The first-order valence-electron chi connectivity index (χ1n) is 7.13. The molecule has 1 aliphatic rings. The molecule has 2 rings (SSSR count). The molecule has 3 atom stereocenters. The minimum Gasteiger partial charge on any atom is -0.496 e. The van der Waals surface area contributed by atoms with E-state index >= 15 is 0 Å². The fraction of sp³-hybridized carbons (Fsp3) is 0.625. The van der Waals surface area contributed by atoms with Crippen molar-refractivity contribution in [1.29, 1.82) is 0 Å². The molecule has 3 heteroatoms. The highest BCUT2D eigenvalue weighted by Gasteiger charge is 2.28. The molecule has 0 aliphatic heterocycles. The molecule has 0 heterocycles. The summed E-state index contributed by atoms with van der Waals surface area (Å²) in [6.07, 6.45) is 5.11. The van der Waals surface area contributed by atoms with Crippen LogP contribution >= 0.6 is 15.9 Å². The Morgan fingerprint density at radius 1 is 1.42 bits per heavy atom. The van der Waals surface area contributed by atoms with Gasteiger partial charge in [0.15, 0.2) is 0 Å². The number of halogens is 1. The predicted molar refractivity (Wildman–Crippen MR) is 83.8 cm³/mol. The lowest BCUT2D eigenvalue weighted by Crippen LogP contribution is -2.34. The van der Waals surface area contributed by atoms with Crippen LogP contribution in [-0.4, -0.2) is 20.2 Å². The zero-order valence-corrected chi connectivity index (χ0v) is 13.7. The highest BCUT2D eigenvalue weighted by atomic mass is 79.9. The summed E-state index contributed by atoms with van der Waals surface area (Å²) in [4.78, 5) is 0. The molecule has 1 aromatic carbocycles. The van der Waals surface area contributed by atoms with E-state index in [2.05, 4.69) is 41.3 Å². The van der Waals surface area contributed by atoms with Gasteiger partial charge in [0.2, 0.25) is 0 Å². The largest absolute Gasteiger partial charge is 0.496 e. The first-order chi connectivity index (χ1) is 9.13. The van der Waals surface area contributed by atoms with Crippen molar-refractivity contribution in [3.63, 3.8) is 0 Å². The Labute approximate surface area is 125 Å². The maximum atomic E-state index is 5.48. The Balaban J connectivity index is 2.11. The summed E-state index contributed by atoms with van der Waals surface area (Å²) in [5, 5.41) is 3.51. The topological polar surface area (TPSA) is 21.3 Å². The molecule has 1 aliphatic carbocycles. The summed E-state index contributed by atoms with van der Waals surface area (Å²) >= 11 is 3.55. The van der Waals surface area contributed by atoms with E-state index in [9.17, 15) is 0 Å². The highest BCUT2D eigenvalue weighted by Crippen LogP contribution is 2.35. The first kappa shape index (κ1) is 14.9. The number of methoxy groups -OCH3 is 1. The molecule has 106 valence electrons. The van der Waals surface area contributed by atoms with Crippen molar-refractivity contribution in [2.45, 2.75) is 38.6 Å². The Morgan fingerprint density at radius 2 is 2.21 bits per heavy atom. The molecular weight excluding hydrogens is 302 g/mol. The third kappa shape index (κ3) is 3.73. The van der Waals surface area contributed by atoms with Gasteiger partial charge in [0.1, 0.15) is 5.75 Å². The summed E-state index contributed by atoms with van der Waals surface area (Å²) in [5.41, 5.74) is 1.29. The smallest absolute Gasteiger partial charge is 0.122 e. The fourth-order valence-electron chi connectivity index (χ4n) is 3.26. The monoisotopic (exact) mass is 325 g/mol. The van der Waals surface area contributed by atoms with E-state index in [4.69, 9.17) is 4.74 Å². The maximum Gasteiger partial charge on any atom is 0.122 e. The number of hydrogen-bond donors (Lipinski definition) is 1. The molecule has 0 bridgehead atoms. The Hall–Kier alpha value is -0.540. The molecule has 0 spiro atoms. The van der Waals surface area contributed by atoms with Crippen molar-refractivity contribution < 1.29 is 4.74 Å². The summed E-state index contributed by atoms with van der Waals surface area (Å²) < 4.78 is 6.60. The fourth-order valence-corrected chi connectivity index (χ4v) is 3.67. The van der Waals surface area contributed by atoms with Gasteiger partial charge in [-0.05, 0) is 61.9 Å². The van der Waals surface area contributed by atoms with Crippen LogP contribution in [-0.2, 0) is 6.42 Å². The molecule has 1 aromatic rings. The number of rotatable bonds is 5. The van der Waals surface area contributed by atoms with Crippen LogP contribution in [0.5, 0.6) is 5.75 Å². The molecule has 0 amide bonds. The second-order valence-electron chi connectivity index (χ2n) is 5.73. The second kappa shape index (κ2) is 6.76. The SMILES string of the molecule is CNC(Cc1cc(Br)ccc1OC)C1CCC(C)C1. The van der Waals surface area contributed by atoms with Gasteiger partial charge in [-0.1, -0.05) is 29.3 Å². The van der Waals surface area contributed by atoms with Gasteiger partial charge in [0.25, 0.3) is 0 Å². The standard InChI is InChI=1S/C16H24BrNO/c1-11-4-5-12(8-11)15(18-2)10-13-9-14(17)6-7-16(13)19-3/h6-7,9,11-12,15,18H,4-5,8,10H2,1-3H3. The number of nitrogens with one attached hydrogen (secondary N) is 1. The molecule has 0 radical (unpaired) electrons. The van der Waals surface area contributed by atoms with Gasteiger partial charge in [-0.3, -0.25) is 0 Å². The van der Waals surface area contributed by atoms with Crippen LogP contribution in [0.1, 0.15) is 31.7 Å². The molecule has 0 aromatic heterocycles. The van der Waals surface area contributed by atoms with Crippen molar-refractivity contribution in [2.75, 3.05) is 14.2 Å². The summed E-state index contributed by atoms with van der Waals surface area (Å²) in [5.74, 6) is 2.67. The van der Waals surface area contributed by atoms with Crippen molar-refractivity contribution >= 4 is 15.9 Å². The quantitative estimate of drug-likeness (QED) is 0.882. The van der Waals surface area contributed by atoms with E-state index in [1.165, 1.54) is 24.8 Å². The molecule has 2 nitrogen and oxygen atoms in total. The van der Waals surface area contributed by atoms with E-state index < -0.39 is 0 Å². The lowest BCUT2D eigenvalue weighted by atomic mass is 9.91. The molecule has 19 heavy (non-hydrogen) atoms. The van der Waals surface area contributed by atoms with Gasteiger partial charge < -0.3 is 10.1 Å². The van der Waals surface area contributed by atoms with Gasteiger partial charge >= 0.3 is 0 Å². The molecular formula is C16H24BrNO. The second-order valence-corrected chi connectivity index (χ2v) is 6.65. The normalized spacial score (nSPS) is 24.4. The average molecular weight is 326 g/mol. The minimum atomic E-state index is 0.549. The zero-order chi connectivity index (χ0) is 13.8. The van der Waals surface area contributed by atoms with E-state index in [0.717, 1.165) is 28.5 Å². The lowest BCUT2D eigenvalue weighted by molar-refractivity contribution is 0.358. The lowest BCUT2D eigenvalue weighted by Gasteiger charge is -2.24. The van der Waals surface area contributed by atoms with Gasteiger partial charge in [-0.15, -0.1) is 0 Å². The molecule has 1 fully saturated rings. The van der Waals surface area contributed by atoms with Crippen LogP contribution in [0, 0.1) is 11.8 Å². The van der Waals surface area contributed by atoms with Gasteiger partial charge in [0.05, 0.1) is 7.11 Å². The van der Waals surface area contributed by atoms with E-state index in [1.54, 1.807) is 7.11 Å². The van der Waals surface area contributed by atoms with Crippen molar-refractivity contribution in [3.8, 4) is 5.75 Å². The Bertz CT molecular complexity index is 421. The number of hydrogen-bond acceptors (Lipinski definition) is 2. The zero-order valence-electron chi connectivity index (χ0n) is 12.1. The number of ether oxygens (including phenoxy) is 1. The molecule has 1 N–H and O–H groups in total. The maximum absolute atomic E-state index is 5.48. The first-order valence-corrected chi connectivity index (χ1v) is 7.93. The van der Waals surface area contributed by atoms with Crippen LogP contribution in [0.3, 0.4) is 0 Å². The molecule has 0 saturated heterocycles. The van der Waals surface area contributed by atoms with Gasteiger partial charge in [0, 0.05) is 10.5 Å². The number of benzene rings is 1. The van der Waals surface area contributed by atoms with Crippen LogP contribution in [0.2, 0.25) is 0 Å². The van der Waals surface area contributed by atoms with Crippen LogP contribution in [0.25, 0.3) is 0 Å². The Kier molecular flexibility index (Phi) is 5.28. The summed E-state index contributed by atoms with van der Waals surface area (Å²) in [6.45, 7) is 2.37. The van der Waals surface area contributed by atoms with Crippen molar-refractivity contribution in [2.24, 2.45) is 11.8 Å². The highest BCUT2D eigenvalue weighted by molar-refractivity contribution is 9.10. The number of likely N-dealkylation sites (N-methyl/N-ethyl adjacent to an activating group) is 1. The van der Waals surface area contributed by atoms with E-state index in [1.807, 2.05) is 12.1 Å². The van der Waals surface area contributed by atoms with Gasteiger partial charge in [-0.25, -0.2) is 0 Å². The predicted octanol–water partition coefficient (Wildman–Crippen LogP) is 4.02. The Morgan fingerprint density at radius 3 is 2.79 bits per heavy atom. The average Bonchev–Trinajstić information content (AvgIpc) is 2.82. The molecule has 3 unspecified atom stereocenters. The third-order valence-electron chi connectivity index (χ3n) is 4.36. The van der Waals surface area contributed by atoms with Crippen LogP contribution in [0.4, 0.5) is 0 Å².